The van der Waals surface area contributed by atoms with Crippen molar-refractivity contribution in [2.75, 3.05) is 25.9 Å². The molecule has 1 fully saturated rings. The number of alkyl halides is 2. The Bertz CT molecular complexity index is 1080. The highest BCUT2D eigenvalue weighted by atomic mass is 32.1. The number of thiazole rings is 1. The number of anilines is 1. The molecule has 0 aliphatic carbocycles. The molecule has 33 heavy (non-hydrogen) atoms. The van der Waals surface area contributed by atoms with Crippen LogP contribution >= 0.6 is 11.3 Å². The lowest BCUT2D eigenvalue weighted by Gasteiger charge is -2.28. The number of rotatable bonds is 4. The number of aromatic nitrogens is 1. The number of nitrogen functional groups attached to an aromatic ring is 1. The second kappa shape index (κ2) is 9.75. The number of halogens is 4. The summed E-state index contributed by atoms with van der Waals surface area (Å²) >= 11 is 0.725. The summed E-state index contributed by atoms with van der Waals surface area (Å²) in [5.74, 6) is -5.61. The van der Waals surface area contributed by atoms with E-state index in [2.05, 4.69) is 15.3 Å². The van der Waals surface area contributed by atoms with Crippen LogP contribution in [-0.2, 0) is 0 Å². The number of nitrogens with one attached hydrogen (secondary N) is 1. The Morgan fingerprint density at radius 3 is 2.64 bits per heavy atom. The molecular formula is C20H23F4N7OS. The van der Waals surface area contributed by atoms with E-state index in [1.54, 1.807) is 0 Å². The Hall–Kier alpha value is -3.19. The van der Waals surface area contributed by atoms with E-state index in [9.17, 15) is 22.4 Å². The molecule has 7 N–H and O–H groups in total. The Labute approximate surface area is 191 Å². The van der Waals surface area contributed by atoms with Gasteiger partial charge in [-0.15, -0.1) is 0 Å². The minimum Gasteiger partial charge on any atom is -0.403 e. The van der Waals surface area contributed by atoms with E-state index in [1.807, 2.05) is 0 Å². The lowest BCUT2D eigenvalue weighted by molar-refractivity contribution is -0.0203. The first-order valence-electron chi connectivity index (χ1n) is 9.85. The zero-order valence-electron chi connectivity index (χ0n) is 17.6. The summed E-state index contributed by atoms with van der Waals surface area (Å²) in [5.41, 5.74) is 16.5. The molecule has 8 nitrogen and oxygen atoms in total. The molecule has 1 aromatic heterocycles. The van der Waals surface area contributed by atoms with Gasteiger partial charge in [-0.05, 0) is 18.6 Å². The number of nitrogens with two attached hydrogens (primary N) is 3. The zero-order valence-corrected chi connectivity index (χ0v) is 18.4. The van der Waals surface area contributed by atoms with Crippen LogP contribution in [0.1, 0.15) is 23.3 Å². The van der Waals surface area contributed by atoms with Crippen molar-refractivity contribution in [3.8, 4) is 10.6 Å². The van der Waals surface area contributed by atoms with Gasteiger partial charge >= 0.3 is 0 Å². The standard InChI is InChI=1S/C20H23F4N7OS/c1-28-17(31-6-5-10(26)7-20(23,24)9-31)13(8-25)29-18(32)15-16(27)33-19(30-15)14-11(21)3-2-4-12(14)22/h2-4,8,10H,5-7,9,25-27H2,1H3,(H,29,32)/t10-/m1/s1. The van der Waals surface area contributed by atoms with Crippen molar-refractivity contribution in [2.24, 2.45) is 16.5 Å². The fourth-order valence-electron chi connectivity index (χ4n) is 3.50. The van der Waals surface area contributed by atoms with E-state index < -0.39 is 48.0 Å². The summed E-state index contributed by atoms with van der Waals surface area (Å²) in [5, 5.41) is 2.23. The smallest absolute Gasteiger partial charge is 0.277 e. The van der Waals surface area contributed by atoms with E-state index in [1.165, 1.54) is 18.0 Å². The number of nitrogens with zero attached hydrogens (tertiary/aromatic N) is 3. The monoisotopic (exact) mass is 485 g/mol. The Kier molecular flexibility index (Phi) is 7.22. The van der Waals surface area contributed by atoms with Gasteiger partial charge in [-0.2, -0.15) is 0 Å². The summed E-state index contributed by atoms with van der Waals surface area (Å²) in [4.78, 5) is 22.1. The van der Waals surface area contributed by atoms with E-state index >= 15 is 0 Å². The van der Waals surface area contributed by atoms with Gasteiger partial charge < -0.3 is 27.4 Å². The fraction of sp³-hybridized carbons (Fsp3) is 0.350. The molecule has 0 unspecified atom stereocenters. The zero-order chi connectivity index (χ0) is 24.3. The molecule has 13 heteroatoms. The molecule has 1 aromatic carbocycles. The Morgan fingerprint density at radius 2 is 2.03 bits per heavy atom. The molecule has 0 radical (unpaired) electrons. The maximum absolute atomic E-state index is 14.2. The number of aliphatic imine (C=N–C) groups is 1. The van der Waals surface area contributed by atoms with Crippen molar-refractivity contribution >= 4 is 28.1 Å². The van der Waals surface area contributed by atoms with Crippen LogP contribution in [0.15, 0.2) is 35.1 Å². The molecular weight excluding hydrogens is 462 g/mol. The van der Waals surface area contributed by atoms with Crippen molar-refractivity contribution in [1.29, 1.82) is 0 Å². The van der Waals surface area contributed by atoms with Crippen LogP contribution in [0.5, 0.6) is 0 Å². The SMILES string of the molecule is CN=C(C(=CN)NC(=O)c1nc(-c2c(F)cccc2F)sc1N)N1CC[C@@H](N)CC(F)(F)C1. The molecule has 2 heterocycles. The Balaban J connectivity index is 1.85. The van der Waals surface area contributed by atoms with Crippen LogP contribution in [0.2, 0.25) is 0 Å². The lowest BCUT2D eigenvalue weighted by Crippen LogP contribution is -2.44. The van der Waals surface area contributed by atoms with Crippen molar-refractivity contribution in [1.82, 2.24) is 15.2 Å². The minimum atomic E-state index is -3.06. The first-order chi connectivity index (χ1) is 15.6. The first kappa shape index (κ1) is 24.5. The van der Waals surface area contributed by atoms with Crippen LogP contribution < -0.4 is 22.5 Å². The molecule has 0 bridgehead atoms. The molecule has 1 saturated heterocycles. The number of likely N-dealkylation sites (tertiary alicyclic amines) is 1. The van der Waals surface area contributed by atoms with E-state index in [0.29, 0.717) is 0 Å². The van der Waals surface area contributed by atoms with E-state index in [4.69, 9.17) is 17.2 Å². The van der Waals surface area contributed by atoms with Gasteiger partial charge in [0.05, 0.1) is 17.8 Å². The van der Waals surface area contributed by atoms with Gasteiger partial charge in [-0.3, -0.25) is 9.79 Å². The number of carbonyl (C=O) groups is 1. The average molecular weight is 486 g/mol. The van der Waals surface area contributed by atoms with Crippen molar-refractivity contribution in [3.63, 3.8) is 0 Å². The van der Waals surface area contributed by atoms with Gasteiger partial charge in [0.25, 0.3) is 11.8 Å². The lowest BCUT2D eigenvalue weighted by atomic mass is 10.1. The number of benzene rings is 1. The number of amidine groups is 1. The summed E-state index contributed by atoms with van der Waals surface area (Å²) in [6, 6.07) is 2.62. The van der Waals surface area contributed by atoms with Crippen molar-refractivity contribution in [3.05, 3.63) is 47.4 Å². The fourth-order valence-corrected chi connectivity index (χ4v) is 4.38. The third-order valence-electron chi connectivity index (χ3n) is 4.97. The molecule has 0 saturated carbocycles. The largest absolute Gasteiger partial charge is 0.403 e. The van der Waals surface area contributed by atoms with Gasteiger partial charge in [0.1, 0.15) is 27.5 Å². The van der Waals surface area contributed by atoms with Gasteiger partial charge in [-0.25, -0.2) is 22.5 Å². The molecule has 1 aliphatic rings. The van der Waals surface area contributed by atoms with Crippen LogP contribution in [0, 0.1) is 11.6 Å². The van der Waals surface area contributed by atoms with Gasteiger partial charge in [0, 0.05) is 32.3 Å². The molecule has 3 rings (SSSR count). The van der Waals surface area contributed by atoms with E-state index in [0.717, 1.165) is 29.7 Å². The van der Waals surface area contributed by atoms with Crippen LogP contribution in [0.3, 0.4) is 0 Å². The molecule has 1 aliphatic heterocycles. The quantitative estimate of drug-likeness (QED) is 0.298. The summed E-state index contributed by atoms with van der Waals surface area (Å²) in [6.45, 7) is -0.484. The van der Waals surface area contributed by atoms with Crippen LogP contribution in [0.4, 0.5) is 22.6 Å². The summed E-state index contributed by atoms with van der Waals surface area (Å²) < 4.78 is 56.7. The third-order valence-corrected chi connectivity index (χ3v) is 5.87. The maximum Gasteiger partial charge on any atom is 0.277 e. The summed E-state index contributed by atoms with van der Waals surface area (Å²) in [6.07, 6.45) is 0.819. The Morgan fingerprint density at radius 1 is 1.36 bits per heavy atom. The molecule has 1 amide bonds. The predicted octanol–water partition coefficient (Wildman–Crippen LogP) is 2.29. The highest BCUT2D eigenvalue weighted by Crippen LogP contribution is 2.33. The van der Waals surface area contributed by atoms with Gasteiger partial charge in [0.2, 0.25) is 0 Å². The number of carbonyl (C=O) groups excluding carboxylic acids is 1. The topological polar surface area (TPSA) is 136 Å². The van der Waals surface area contributed by atoms with E-state index in [-0.39, 0.29) is 40.2 Å². The maximum atomic E-state index is 14.2. The molecule has 0 spiro atoms. The summed E-state index contributed by atoms with van der Waals surface area (Å²) in [7, 11) is 1.37. The average Bonchev–Trinajstić information content (AvgIpc) is 3.05. The number of hydrogen-bond donors (Lipinski definition) is 4. The molecule has 2 aromatic rings. The number of hydrogen-bond acceptors (Lipinski definition) is 7. The predicted molar refractivity (Wildman–Crippen MR) is 119 cm³/mol. The second-order valence-corrected chi connectivity index (χ2v) is 8.47. The minimum absolute atomic E-state index is 0.0220. The normalized spacial score (nSPS) is 19.3. The van der Waals surface area contributed by atoms with Crippen LogP contribution in [-0.4, -0.2) is 53.7 Å². The van der Waals surface area contributed by atoms with Gasteiger partial charge in [-0.1, -0.05) is 17.4 Å². The highest BCUT2D eigenvalue weighted by Gasteiger charge is 2.38. The second-order valence-electron chi connectivity index (χ2n) is 7.44. The highest BCUT2D eigenvalue weighted by molar-refractivity contribution is 7.19. The van der Waals surface area contributed by atoms with Crippen molar-refractivity contribution < 1.29 is 22.4 Å². The van der Waals surface area contributed by atoms with Gasteiger partial charge in [0.15, 0.2) is 5.69 Å². The first-order valence-corrected chi connectivity index (χ1v) is 10.7. The molecule has 1 atom stereocenters. The molecule has 178 valence electrons. The number of amides is 1. The van der Waals surface area contributed by atoms with Crippen molar-refractivity contribution in [2.45, 2.75) is 24.8 Å². The third kappa shape index (κ3) is 5.42. The van der Waals surface area contributed by atoms with Crippen LogP contribution in [0.25, 0.3) is 10.6 Å².